The fourth-order valence-corrected chi connectivity index (χ4v) is 1.23. The summed E-state index contributed by atoms with van der Waals surface area (Å²) >= 11 is 0. The van der Waals surface area contributed by atoms with Crippen LogP contribution in [-0.4, -0.2) is 0 Å². The Morgan fingerprint density at radius 1 is 1.27 bits per heavy atom. The van der Waals surface area contributed by atoms with Crippen LogP contribution in [0.5, 0.6) is 0 Å². The minimum Gasteiger partial charge on any atom is -0.405 e. The maximum atomic E-state index is 8.76. The number of nitrogens with two attached hydrogens (primary N) is 1. The van der Waals surface area contributed by atoms with E-state index >= 15 is 0 Å². The van der Waals surface area contributed by atoms with Gasteiger partial charge in [-0.25, -0.2) is 0 Å². The summed E-state index contributed by atoms with van der Waals surface area (Å²) in [7, 11) is 0. The van der Waals surface area contributed by atoms with Crippen molar-refractivity contribution in [1.82, 2.24) is 0 Å². The molecule has 0 amide bonds. The number of hydrogen-bond donors (Lipinski definition) is 1. The first kappa shape index (κ1) is 16.2. The Labute approximate surface area is 94.5 Å². The van der Waals surface area contributed by atoms with E-state index in [1.54, 1.807) is 0 Å². The van der Waals surface area contributed by atoms with Crippen molar-refractivity contribution in [3.63, 3.8) is 0 Å². The third-order valence-corrected chi connectivity index (χ3v) is 2.20. The molecule has 1 unspecified atom stereocenters. The summed E-state index contributed by atoms with van der Waals surface area (Å²) in [5, 5.41) is 8.76. The number of allylic oxidation sites excluding steroid dienone is 3. The second-order valence-corrected chi connectivity index (χ2v) is 3.50. The van der Waals surface area contributed by atoms with E-state index in [1.165, 1.54) is 6.20 Å². The standard InChI is InChI=1S/C11H18N2.C2H6/c1-8(2)11(5-6-12)10(4)9(3)7-13;1-2/h5-6,8-9H,12H2,1-4H3;1-2H3/b6-5-,11-10-;. The van der Waals surface area contributed by atoms with E-state index in [2.05, 4.69) is 19.9 Å². The lowest BCUT2D eigenvalue weighted by molar-refractivity contribution is 0.745. The van der Waals surface area contributed by atoms with Gasteiger partial charge in [-0.3, -0.25) is 0 Å². The van der Waals surface area contributed by atoms with Gasteiger partial charge >= 0.3 is 0 Å². The average molecular weight is 208 g/mol. The molecule has 2 N–H and O–H groups in total. The van der Waals surface area contributed by atoms with E-state index in [-0.39, 0.29) is 5.92 Å². The first-order chi connectivity index (χ1) is 7.04. The van der Waals surface area contributed by atoms with Crippen molar-refractivity contribution in [3.05, 3.63) is 23.4 Å². The van der Waals surface area contributed by atoms with Gasteiger partial charge in [0.1, 0.15) is 0 Å². The van der Waals surface area contributed by atoms with Gasteiger partial charge in [0.2, 0.25) is 0 Å². The van der Waals surface area contributed by atoms with Crippen LogP contribution in [0.4, 0.5) is 0 Å². The zero-order chi connectivity index (χ0) is 12.4. The first-order valence-corrected chi connectivity index (χ1v) is 5.53. The van der Waals surface area contributed by atoms with Gasteiger partial charge in [-0.15, -0.1) is 0 Å². The topological polar surface area (TPSA) is 49.8 Å². The predicted octanol–water partition coefficient (Wildman–Crippen LogP) is 3.62. The van der Waals surface area contributed by atoms with Gasteiger partial charge in [-0.1, -0.05) is 33.3 Å². The Morgan fingerprint density at radius 2 is 1.73 bits per heavy atom. The lowest BCUT2D eigenvalue weighted by atomic mass is 9.91. The predicted molar refractivity (Wildman–Crippen MR) is 67.0 cm³/mol. The number of hydrogen-bond acceptors (Lipinski definition) is 2. The van der Waals surface area contributed by atoms with E-state index in [4.69, 9.17) is 11.0 Å². The number of nitrogens with zero attached hydrogens (tertiary/aromatic N) is 1. The highest BCUT2D eigenvalue weighted by molar-refractivity contribution is 5.29. The minimum atomic E-state index is -0.0337. The number of rotatable bonds is 3. The van der Waals surface area contributed by atoms with Crippen LogP contribution in [0.25, 0.3) is 0 Å². The Bertz CT molecular complexity index is 254. The molecule has 2 heteroatoms. The molecule has 0 aromatic carbocycles. The highest BCUT2D eigenvalue weighted by Crippen LogP contribution is 2.21. The van der Waals surface area contributed by atoms with Crippen molar-refractivity contribution < 1.29 is 0 Å². The molecule has 0 rings (SSSR count). The van der Waals surface area contributed by atoms with Crippen molar-refractivity contribution in [3.8, 4) is 6.07 Å². The largest absolute Gasteiger partial charge is 0.405 e. The van der Waals surface area contributed by atoms with Crippen molar-refractivity contribution in [2.45, 2.75) is 41.5 Å². The smallest absolute Gasteiger partial charge is 0.0697 e. The maximum Gasteiger partial charge on any atom is 0.0697 e. The molecule has 0 radical (unpaired) electrons. The first-order valence-electron chi connectivity index (χ1n) is 5.53. The van der Waals surface area contributed by atoms with Gasteiger partial charge in [0.15, 0.2) is 0 Å². The van der Waals surface area contributed by atoms with Gasteiger partial charge in [0.25, 0.3) is 0 Å². The molecule has 0 aromatic rings. The fourth-order valence-electron chi connectivity index (χ4n) is 1.23. The second kappa shape index (κ2) is 9.33. The zero-order valence-electron chi connectivity index (χ0n) is 10.8. The van der Waals surface area contributed by atoms with Crippen molar-refractivity contribution in [1.29, 1.82) is 5.26 Å². The fraction of sp³-hybridized carbons (Fsp3) is 0.615. The molecule has 0 saturated carbocycles. The molecule has 15 heavy (non-hydrogen) atoms. The summed E-state index contributed by atoms with van der Waals surface area (Å²) in [5.41, 5.74) is 7.62. The zero-order valence-corrected chi connectivity index (χ0v) is 10.8. The molecule has 1 atom stereocenters. The van der Waals surface area contributed by atoms with Gasteiger partial charge in [-0.05, 0) is 37.6 Å². The van der Waals surface area contributed by atoms with E-state index in [1.807, 2.05) is 33.8 Å². The maximum absolute atomic E-state index is 8.76. The molecule has 0 bridgehead atoms. The summed E-state index contributed by atoms with van der Waals surface area (Å²) in [4.78, 5) is 0. The highest BCUT2D eigenvalue weighted by Gasteiger charge is 2.09. The molecule has 0 fully saturated rings. The summed E-state index contributed by atoms with van der Waals surface area (Å²) < 4.78 is 0. The Kier molecular flexibility index (Phi) is 10.1. The molecule has 0 heterocycles. The van der Waals surface area contributed by atoms with Crippen LogP contribution in [0.15, 0.2) is 23.4 Å². The number of nitriles is 1. The lowest BCUT2D eigenvalue weighted by Gasteiger charge is -2.13. The molecule has 0 saturated heterocycles. The molecule has 0 aliphatic heterocycles. The van der Waals surface area contributed by atoms with Crippen molar-refractivity contribution in [2.75, 3.05) is 0 Å². The van der Waals surface area contributed by atoms with Crippen LogP contribution < -0.4 is 5.73 Å². The van der Waals surface area contributed by atoms with Gasteiger partial charge in [0.05, 0.1) is 12.0 Å². The average Bonchev–Trinajstić information content (AvgIpc) is 2.26. The molecular weight excluding hydrogens is 184 g/mol. The van der Waals surface area contributed by atoms with E-state index in [0.717, 1.165) is 11.1 Å². The Balaban J connectivity index is 0. The lowest BCUT2D eigenvalue weighted by Crippen LogP contribution is -2.02. The second-order valence-electron chi connectivity index (χ2n) is 3.50. The monoisotopic (exact) mass is 208 g/mol. The molecule has 0 aromatic heterocycles. The van der Waals surface area contributed by atoms with Crippen LogP contribution >= 0.6 is 0 Å². The SMILES string of the molecule is C/C(=C(\C=C/N)C(C)C)C(C)C#N.CC. The Hall–Kier alpha value is -1.23. The third-order valence-electron chi connectivity index (χ3n) is 2.20. The van der Waals surface area contributed by atoms with Crippen LogP contribution in [0.3, 0.4) is 0 Å². The molecule has 2 nitrogen and oxygen atoms in total. The summed E-state index contributed by atoms with van der Waals surface area (Å²) in [6, 6.07) is 2.23. The van der Waals surface area contributed by atoms with Gasteiger partial charge in [-0.2, -0.15) is 5.26 Å². The quantitative estimate of drug-likeness (QED) is 0.720. The molecule has 0 spiro atoms. The molecule has 86 valence electrons. The van der Waals surface area contributed by atoms with Gasteiger partial charge < -0.3 is 5.73 Å². The molecule has 0 aliphatic rings. The van der Waals surface area contributed by atoms with Crippen LogP contribution in [0, 0.1) is 23.2 Å². The van der Waals surface area contributed by atoms with Crippen LogP contribution in [-0.2, 0) is 0 Å². The summed E-state index contributed by atoms with van der Waals surface area (Å²) in [5.74, 6) is 0.379. The normalized spacial score (nSPS) is 14.0. The van der Waals surface area contributed by atoms with Crippen LogP contribution in [0.1, 0.15) is 41.5 Å². The highest BCUT2D eigenvalue weighted by atomic mass is 14.5. The molecule has 0 aliphatic carbocycles. The van der Waals surface area contributed by atoms with Crippen molar-refractivity contribution in [2.24, 2.45) is 17.6 Å². The third kappa shape index (κ3) is 5.96. The molecular formula is C13H24N2. The van der Waals surface area contributed by atoms with E-state index in [9.17, 15) is 0 Å². The Morgan fingerprint density at radius 3 is 2.00 bits per heavy atom. The van der Waals surface area contributed by atoms with Gasteiger partial charge in [0, 0.05) is 0 Å². The summed E-state index contributed by atoms with van der Waals surface area (Å²) in [6.07, 6.45) is 3.41. The summed E-state index contributed by atoms with van der Waals surface area (Å²) in [6.45, 7) is 12.1. The minimum absolute atomic E-state index is 0.0337. The van der Waals surface area contributed by atoms with E-state index < -0.39 is 0 Å². The van der Waals surface area contributed by atoms with Crippen molar-refractivity contribution >= 4 is 0 Å². The van der Waals surface area contributed by atoms with Crippen LogP contribution in [0.2, 0.25) is 0 Å². The van der Waals surface area contributed by atoms with E-state index in [0.29, 0.717) is 5.92 Å².